The van der Waals surface area contributed by atoms with Crippen molar-refractivity contribution >= 4 is 11.6 Å². The third kappa shape index (κ3) is 3.46. The first-order valence-corrected chi connectivity index (χ1v) is 9.66. The molecule has 0 amide bonds. The van der Waals surface area contributed by atoms with Crippen molar-refractivity contribution in [1.82, 2.24) is 9.80 Å². The number of rotatable bonds is 4. The van der Waals surface area contributed by atoms with Crippen LogP contribution in [-0.4, -0.2) is 48.4 Å². The van der Waals surface area contributed by atoms with E-state index in [-0.39, 0.29) is 5.82 Å². The van der Waals surface area contributed by atoms with Crippen LogP contribution in [0.25, 0.3) is 0 Å². The van der Waals surface area contributed by atoms with Crippen molar-refractivity contribution in [1.29, 1.82) is 0 Å². The van der Waals surface area contributed by atoms with E-state index in [1.165, 1.54) is 16.7 Å². The minimum atomic E-state index is -0.165. The molecule has 0 N–H and O–H groups in total. The largest absolute Gasteiger partial charge is 0.300 e. The van der Waals surface area contributed by atoms with Crippen LogP contribution in [0, 0.1) is 5.82 Å². The molecular formula is C21H24ClFN2. The Kier molecular flexibility index (Phi) is 5.07. The average Bonchev–Trinajstić information content (AvgIpc) is 3.03. The van der Waals surface area contributed by atoms with Gasteiger partial charge in [0.25, 0.3) is 0 Å². The zero-order chi connectivity index (χ0) is 17.2. The van der Waals surface area contributed by atoms with Gasteiger partial charge in [-0.25, -0.2) is 4.39 Å². The third-order valence-corrected chi connectivity index (χ3v) is 5.88. The van der Waals surface area contributed by atoms with Crippen LogP contribution >= 0.6 is 11.6 Å². The Morgan fingerprint density at radius 2 is 1.60 bits per heavy atom. The molecule has 2 nitrogen and oxygen atoms in total. The molecule has 1 saturated heterocycles. The number of alkyl halides is 1. The number of halogens is 2. The molecule has 0 saturated carbocycles. The second kappa shape index (κ2) is 7.45. The molecule has 25 heavy (non-hydrogen) atoms. The molecule has 2 aromatic carbocycles. The highest BCUT2D eigenvalue weighted by molar-refractivity contribution is 6.18. The van der Waals surface area contributed by atoms with Crippen molar-refractivity contribution in [2.75, 3.05) is 38.6 Å². The summed E-state index contributed by atoms with van der Waals surface area (Å²) in [4.78, 5) is 5.06. The van der Waals surface area contributed by atoms with Crippen LogP contribution in [0.1, 0.15) is 35.1 Å². The Labute approximate surface area is 154 Å². The van der Waals surface area contributed by atoms with Crippen molar-refractivity contribution in [3.05, 3.63) is 71.0 Å². The normalized spacial score (nSPS) is 24.4. The minimum Gasteiger partial charge on any atom is -0.300 e. The number of hydrogen-bond acceptors (Lipinski definition) is 2. The first kappa shape index (κ1) is 17.0. The topological polar surface area (TPSA) is 6.48 Å². The lowest BCUT2D eigenvalue weighted by atomic mass is 9.93. The molecule has 2 atom stereocenters. The van der Waals surface area contributed by atoms with E-state index in [1.807, 2.05) is 12.1 Å². The van der Waals surface area contributed by atoms with E-state index in [2.05, 4.69) is 34.1 Å². The lowest BCUT2D eigenvalue weighted by Crippen LogP contribution is -2.47. The van der Waals surface area contributed by atoms with E-state index in [4.69, 9.17) is 11.6 Å². The van der Waals surface area contributed by atoms with E-state index in [0.29, 0.717) is 17.8 Å². The van der Waals surface area contributed by atoms with Gasteiger partial charge in [-0.1, -0.05) is 36.4 Å². The highest BCUT2D eigenvalue weighted by Crippen LogP contribution is 2.46. The number of nitrogens with zero attached hydrogens (tertiary/aromatic N) is 2. The van der Waals surface area contributed by atoms with E-state index in [0.717, 1.165) is 39.1 Å². The van der Waals surface area contributed by atoms with Crippen LogP contribution in [0.3, 0.4) is 0 Å². The smallest absolute Gasteiger partial charge is 0.123 e. The number of piperazine rings is 1. The Morgan fingerprint density at radius 1 is 0.920 bits per heavy atom. The fourth-order valence-electron chi connectivity index (χ4n) is 4.38. The summed E-state index contributed by atoms with van der Waals surface area (Å²) < 4.78 is 13.3. The van der Waals surface area contributed by atoms with Crippen LogP contribution in [0.2, 0.25) is 0 Å². The maximum Gasteiger partial charge on any atom is 0.123 e. The molecule has 1 fully saturated rings. The van der Waals surface area contributed by atoms with Gasteiger partial charge in [-0.05, 0) is 35.2 Å². The zero-order valence-electron chi connectivity index (χ0n) is 14.4. The van der Waals surface area contributed by atoms with Gasteiger partial charge in [0, 0.05) is 50.6 Å². The highest BCUT2D eigenvalue weighted by atomic mass is 35.5. The summed E-state index contributed by atoms with van der Waals surface area (Å²) in [6.45, 7) is 5.34. The van der Waals surface area contributed by atoms with Gasteiger partial charge in [0.2, 0.25) is 0 Å². The Bertz CT molecular complexity index is 710. The molecule has 0 bridgehead atoms. The molecule has 0 radical (unpaired) electrons. The maximum atomic E-state index is 13.3. The molecule has 4 rings (SSSR count). The fraction of sp³-hybridized carbons (Fsp3) is 0.429. The summed E-state index contributed by atoms with van der Waals surface area (Å²) in [7, 11) is 0. The van der Waals surface area contributed by atoms with E-state index >= 15 is 0 Å². The molecule has 4 heteroatoms. The molecule has 0 spiro atoms. The van der Waals surface area contributed by atoms with Gasteiger partial charge in [0.1, 0.15) is 5.82 Å². The second-order valence-corrected chi connectivity index (χ2v) is 7.43. The fourth-order valence-corrected chi connectivity index (χ4v) is 4.62. The molecule has 0 unspecified atom stereocenters. The second-order valence-electron chi connectivity index (χ2n) is 7.05. The quantitative estimate of drug-likeness (QED) is 0.753. The molecular weight excluding hydrogens is 335 g/mol. The SMILES string of the molecule is Fc1ccc([C@@H]2C[C@@H](N3CCN(CCCl)CC3)c3ccccc32)cc1. The lowest BCUT2D eigenvalue weighted by Gasteiger charge is -2.38. The van der Waals surface area contributed by atoms with Gasteiger partial charge >= 0.3 is 0 Å². The van der Waals surface area contributed by atoms with Crippen LogP contribution in [0.15, 0.2) is 48.5 Å². The van der Waals surface area contributed by atoms with Crippen molar-refractivity contribution in [2.45, 2.75) is 18.4 Å². The predicted molar refractivity (Wildman–Crippen MR) is 101 cm³/mol. The zero-order valence-corrected chi connectivity index (χ0v) is 15.1. The van der Waals surface area contributed by atoms with Crippen molar-refractivity contribution in [3.63, 3.8) is 0 Å². The summed E-state index contributed by atoms with van der Waals surface area (Å²) in [5.74, 6) is 0.906. The van der Waals surface area contributed by atoms with E-state index in [1.54, 1.807) is 12.1 Å². The van der Waals surface area contributed by atoms with E-state index < -0.39 is 0 Å². The summed E-state index contributed by atoms with van der Waals surface area (Å²) in [6.07, 6.45) is 1.08. The highest BCUT2D eigenvalue weighted by Gasteiger charge is 2.36. The number of fused-ring (bicyclic) bond motifs is 1. The average molecular weight is 359 g/mol. The predicted octanol–water partition coefficient (Wildman–Crippen LogP) is 4.26. The van der Waals surface area contributed by atoms with Gasteiger partial charge in [-0.2, -0.15) is 0 Å². The third-order valence-electron chi connectivity index (χ3n) is 5.71. The molecule has 1 heterocycles. The Morgan fingerprint density at radius 3 is 2.28 bits per heavy atom. The number of benzene rings is 2. The van der Waals surface area contributed by atoms with Gasteiger partial charge in [-0.3, -0.25) is 9.80 Å². The standard InChI is InChI=1S/C21H24ClFN2/c22-9-10-24-11-13-25(14-12-24)21-15-20(16-5-7-17(23)8-6-16)18-3-1-2-4-19(18)21/h1-8,20-21H,9-15H2/t20-,21+/m0/s1. The number of hydrogen-bond donors (Lipinski definition) is 0. The Balaban J connectivity index is 1.56. The van der Waals surface area contributed by atoms with Crippen molar-refractivity contribution in [2.24, 2.45) is 0 Å². The van der Waals surface area contributed by atoms with Gasteiger partial charge < -0.3 is 0 Å². The molecule has 1 aliphatic carbocycles. The lowest BCUT2D eigenvalue weighted by molar-refractivity contribution is 0.0987. The molecule has 1 aliphatic heterocycles. The van der Waals surface area contributed by atoms with Crippen molar-refractivity contribution in [3.8, 4) is 0 Å². The van der Waals surface area contributed by atoms with Crippen LogP contribution in [0.4, 0.5) is 4.39 Å². The molecule has 0 aromatic heterocycles. The minimum absolute atomic E-state index is 0.165. The van der Waals surface area contributed by atoms with E-state index in [9.17, 15) is 4.39 Å². The van der Waals surface area contributed by atoms with Crippen LogP contribution < -0.4 is 0 Å². The van der Waals surface area contributed by atoms with Gasteiger partial charge in [0.15, 0.2) is 0 Å². The molecule has 2 aliphatic rings. The van der Waals surface area contributed by atoms with Gasteiger partial charge in [-0.15, -0.1) is 11.6 Å². The maximum absolute atomic E-state index is 13.3. The first-order chi connectivity index (χ1) is 12.3. The first-order valence-electron chi connectivity index (χ1n) is 9.13. The summed E-state index contributed by atoms with van der Waals surface area (Å²) in [5.41, 5.74) is 4.07. The van der Waals surface area contributed by atoms with Crippen molar-refractivity contribution < 1.29 is 4.39 Å². The monoisotopic (exact) mass is 358 g/mol. The summed E-state index contributed by atoms with van der Waals surface area (Å²) >= 11 is 5.88. The Hall–Kier alpha value is -1.42. The summed E-state index contributed by atoms with van der Waals surface area (Å²) in [5, 5.41) is 0. The molecule has 2 aromatic rings. The van der Waals surface area contributed by atoms with Crippen LogP contribution in [-0.2, 0) is 0 Å². The summed E-state index contributed by atoms with van der Waals surface area (Å²) in [6, 6.07) is 16.3. The molecule has 132 valence electrons. The van der Waals surface area contributed by atoms with Crippen LogP contribution in [0.5, 0.6) is 0 Å². The van der Waals surface area contributed by atoms with Gasteiger partial charge in [0.05, 0.1) is 0 Å².